The summed E-state index contributed by atoms with van der Waals surface area (Å²) in [6, 6.07) is 2.75. The maximum atomic E-state index is 13.6. The van der Waals surface area contributed by atoms with Crippen LogP contribution in [-0.2, 0) is 6.42 Å². The molecule has 1 aromatic rings. The van der Waals surface area contributed by atoms with E-state index in [1.54, 1.807) is 6.92 Å². The second kappa shape index (κ2) is 5.39. The lowest BCUT2D eigenvalue weighted by Crippen LogP contribution is -2.27. The van der Waals surface area contributed by atoms with Crippen LogP contribution in [0.3, 0.4) is 0 Å². The standard InChI is InChI=1S/C13H19F2N/c1-8(2)12(16)7-5-10-11(14)6-4-9(3)13(10)15/h4,6,8,12H,5,7,16H2,1-3H3. The van der Waals surface area contributed by atoms with Crippen molar-refractivity contribution < 1.29 is 8.78 Å². The zero-order valence-electron chi connectivity index (χ0n) is 10.1. The van der Waals surface area contributed by atoms with Crippen LogP contribution >= 0.6 is 0 Å². The Bertz CT molecular complexity index is 361. The van der Waals surface area contributed by atoms with Crippen molar-refractivity contribution >= 4 is 0 Å². The molecule has 0 aromatic heterocycles. The van der Waals surface area contributed by atoms with Gasteiger partial charge in [-0.05, 0) is 37.3 Å². The first-order valence-electron chi connectivity index (χ1n) is 5.62. The quantitative estimate of drug-likeness (QED) is 0.840. The third-order valence-electron chi connectivity index (χ3n) is 2.96. The van der Waals surface area contributed by atoms with Crippen LogP contribution in [0.5, 0.6) is 0 Å². The molecule has 1 atom stereocenters. The molecule has 0 saturated carbocycles. The maximum absolute atomic E-state index is 13.6. The highest BCUT2D eigenvalue weighted by molar-refractivity contribution is 5.26. The largest absolute Gasteiger partial charge is 0.327 e. The normalized spacial score (nSPS) is 13.2. The number of halogens is 2. The van der Waals surface area contributed by atoms with Crippen LogP contribution in [0.4, 0.5) is 8.78 Å². The van der Waals surface area contributed by atoms with Crippen molar-refractivity contribution in [3.05, 3.63) is 34.9 Å². The van der Waals surface area contributed by atoms with Crippen LogP contribution < -0.4 is 5.73 Å². The van der Waals surface area contributed by atoms with Crippen molar-refractivity contribution in [2.24, 2.45) is 11.7 Å². The molecule has 0 amide bonds. The van der Waals surface area contributed by atoms with E-state index in [9.17, 15) is 8.78 Å². The van der Waals surface area contributed by atoms with E-state index in [1.807, 2.05) is 13.8 Å². The van der Waals surface area contributed by atoms with Crippen molar-refractivity contribution in [3.63, 3.8) is 0 Å². The van der Waals surface area contributed by atoms with Crippen LogP contribution in [-0.4, -0.2) is 6.04 Å². The summed E-state index contributed by atoms with van der Waals surface area (Å²) < 4.78 is 27.0. The molecule has 0 aliphatic heterocycles. The van der Waals surface area contributed by atoms with E-state index in [0.717, 1.165) is 0 Å². The summed E-state index contributed by atoms with van der Waals surface area (Å²) in [6.07, 6.45) is 0.966. The number of hydrogen-bond acceptors (Lipinski definition) is 1. The fraction of sp³-hybridized carbons (Fsp3) is 0.538. The van der Waals surface area contributed by atoms with E-state index in [-0.39, 0.29) is 11.6 Å². The molecule has 0 bridgehead atoms. The van der Waals surface area contributed by atoms with Gasteiger partial charge in [0.05, 0.1) is 0 Å². The SMILES string of the molecule is Cc1ccc(F)c(CCC(N)C(C)C)c1F. The first kappa shape index (κ1) is 13.1. The van der Waals surface area contributed by atoms with Crippen LogP contribution in [0.1, 0.15) is 31.4 Å². The van der Waals surface area contributed by atoms with Gasteiger partial charge < -0.3 is 5.73 Å². The monoisotopic (exact) mass is 227 g/mol. The minimum absolute atomic E-state index is 0.0145. The van der Waals surface area contributed by atoms with Gasteiger partial charge in [-0.25, -0.2) is 8.78 Å². The van der Waals surface area contributed by atoms with Crippen molar-refractivity contribution in [2.45, 2.75) is 39.7 Å². The molecule has 2 N–H and O–H groups in total. The van der Waals surface area contributed by atoms with Gasteiger partial charge >= 0.3 is 0 Å². The molecule has 1 rings (SSSR count). The minimum atomic E-state index is -0.473. The van der Waals surface area contributed by atoms with Gasteiger partial charge in [-0.3, -0.25) is 0 Å². The molecule has 3 heteroatoms. The van der Waals surface area contributed by atoms with Gasteiger partial charge in [0, 0.05) is 11.6 Å². The first-order valence-corrected chi connectivity index (χ1v) is 5.62. The number of aryl methyl sites for hydroxylation is 1. The third-order valence-corrected chi connectivity index (χ3v) is 2.96. The third kappa shape index (κ3) is 3.01. The summed E-state index contributed by atoms with van der Waals surface area (Å²) in [4.78, 5) is 0. The summed E-state index contributed by atoms with van der Waals surface area (Å²) in [5.74, 6) is -0.578. The number of hydrogen-bond donors (Lipinski definition) is 1. The van der Waals surface area contributed by atoms with E-state index >= 15 is 0 Å². The smallest absolute Gasteiger partial charge is 0.132 e. The second-order valence-electron chi connectivity index (χ2n) is 4.60. The van der Waals surface area contributed by atoms with Crippen LogP contribution in [0.15, 0.2) is 12.1 Å². The average Bonchev–Trinajstić information content (AvgIpc) is 2.23. The molecule has 1 unspecified atom stereocenters. The molecule has 0 aliphatic carbocycles. The highest BCUT2D eigenvalue weighted by atomic mass is 19.1. The second-order valence-corrected chi connectivity index (χ2v) is 4.60. The van der Waals surface area contributed by atoms with Crippen molar-refractivity contribution in [1.29, 1.82) is 0 Å². The van der Waals surface area contributed by atoms with E-state index < -0.39 is 11.6 Å². The molecular formula is C13H19F2N. The lowest BCUT2D eigenvalue weighted by Gasteiger charge is -2.16. The minimum Gasteiger partial charge on any atom is -0.327 e. The Labute approximate surface area is 95.7 Å². The molecule has 1 nitrogen and oxygen atoms in total. The topological polar surface area (TPSA) is 26.0 Å². The van der Waals surface area contributed by atoms with E-state index in [1.165, 1.54) is 12.1 Å². The fourth-order valence-electron chi connectivity index (χ4n) is 1.59. The number of benzene rings is 1. The molecule has 16 heavy (non-hydrogen) atoms. The highest BCUT2D eigenvalue weighted by Crippen LogP contribution is 2.19. The van der Waals surface area contributed by atoms with Gasteiger partial charge in [0.2, 0.25) is 0 Å². The van der Waals surface area contributed by atoms with Crippen LogP contribution in [0.2, 0.25) is 0 Å². The van der Waals surface area contributed by atoms with E-state index in [0.29, 0.717) is 24.3 Å². The molecular weight excluding hydrogens is 208 g/mol. The molecule has 0 radical (unpaired) electrons. The van der Waals surface area contributed by atoms with Crippen molar-refractivity contribution in [3.8, 4) is 0 Å². The van der Waals surface area contributed by atoms with Crippen molar-refractivity contribution in [1.82, 2.24) is 0 Å². The van der Waals surface area contributed by atoms with Gasteiger partial charge in [0.15, 0.2) is 0 Å². The molecule has 0 spiro atoms. The van der Waals surface area contributed by atoms with Crippen LogP contribution in [0, 0.1) is 24.5 Å². The Hall–Kier alpha value is -0.960. The van der Waals surface area contributed by atoms with Gasteiger partial charge in [-0.15, -0.1) is 0 Å². The van der Waals surface area contributed by atoms with Crippen LogP contribution in [0.25, 0.3) is 0 Å². The molecule has 90 valence electrons. The molecule has 1 aromatic carbocycles. The summed E-state index contributed by atoms with van der Waals surface area (Å²) in [5.41, 5.74) is 6.50. The van der Waals surface area contributed by atoms with Gasteiger partial charge in [0.1, 0.15) is 11.6 Å². The lowest BCUT2D eigenvalue weighted by molar-refractivity contribution is 0.452. The Morgan fingerprint density at radius 1 is 1.25 bits per heavy atom. The van der Waals surface area contributed by atoms with Gasteiger partial charge in [-0.1, -0.05) is 19.9 Å². The zero-order valence-corrected chi connectivity index (χ0v) is 10.1. The predicted octanol–water partition coefficient (Wildman–Crippen LogP) is 3.19. The summed E-state index contributed by atoms with van der Waals surface area (Å²) in [6.45, 7) is 5.65. The van der Waals surface area contributed by atoms with Gasteiger partial charge in [0.25, 0.3) is 0 Å². The highest BCUT2D eigenvalue weighted by Gasteiger charge is 2.14. The Kier molecular flexibility index (Phi) is 4.42. The number of nitrogens with two attached hydrogens (primary N) is 1. The lowest BCUT2D eigenvalue weighted by atomic mass is 9.96. The van der Waals surface area contributed by atoms with Gasteiger partial charge in [-0.2, -0.15) is 0 Å². The van der Waals surface area contributed by atoms with Crippen molar-refractivity contribution in [2.75, 3.05) is 0 Å². The summed E-state index contributed by atoms with van der Waals surface area (Å²) in [5, 5.41) is 0. The predicted molar refractivity (Wildman–Crippen MR) is 62.2 cm³/mol. The molecule has 0 fully saturated rings. The fourth-order valence-corrected chi connectivity index (χ4v) is 1.59. The molecule has 0 aliphatic rings. The number of rotatable bonds is 4. The Morgan fingerprint density at radius 2 is 1.88 bits per heavy atom. The molecule has 0 saturated heterocycles. The average molecular weight is 227 g/mol. The van der Waals surface area contributed by atoms with E-state index in [4.69, 9.17) is 5.73 Å². The zero-order chi connectivity index (χ0) is 12.3. The summed E-state index contributed by atoms with van der Waals surface area (Å²) in [7, 11) is 0. The Morgan fingerprint density at radius 3 is 2.44 bits per heavy atom. The molecule has 0 heterocycles. The Balaban J connectivity index is 2.77. The maximum Gasteiger partial charge on any atom is 0.132 e. The first-order chi connectivity index (χ1) is 7.43. The van der Waals surface area contributed by atoms with E-state index in [2.05, 4.69) is 0 Å². The summed E-state index contributed by atoms with van der Waals surface area (Å²) >= 11 is 0.